The van der Waals surface area contributed by atoms with Crippen LogP contribution < -0.4 is 10.6 Å². The molecule has 0 bridgehead atoms. The Kier molecular flexibility index (Phi) is 8.61. The van der Waals surface area contributed by atoms with Crippen molar-refractivity contribution in [3.05, 3.63) is 173 Å². The average Bonchev–Trinajstić information content (AvgIpc) is 3.65. The highest BCUT2D eigenvalue weighted by Gasteiger charge is 2.20. The fourth-order valence-electron chi connectivity index (χ4n) is 7.61. The van der Waals surface area contributed by atoms with Crippen LogP contribution in [0.2, 0.25) is 0 Å². The first-order chi connectivity index (χ1) is 26.1. The first kappa shape index (κ1) is 32.6. The van der Waals surface area contributed by atoms with Crippen LogP contribution in [0.1, 0.15) is 67.5 Å². The summed E-state index contributed by atoms with van der Waals surface area (Å²) in [6.07, 6.45) is 21.5. The summed E-state index contributed by atoms with van der Waals surface area (Å²) in [6.45, 7) is 4.32. The number of fused-ring (bicyclic) bond motifs is 6. The topological polar surface area (TPSA) is 56.7 Å². The highest BCUT2D eigenvalue weighted by atomic mass is 16.3. The Bertz CT molecular complexity index is 2740. The van der Waals surface area contributed by atoms with E-state index in [0.717, 1.165) is 69.9 Å². The summed E-state index contributed by atoms with van der Waals surface area (Å²) in [7, 11) is 0. The van der Waals surface area contributed by atoms with E-state index in [2.05, 4.69) is 158 Å². The minimum Gasteiger partial charge on any atom is -0.456 e. The zero-order chi connectivity index (χ0) is 35.7. The molecule has 0 aliphatic heterocycles. The van der Waals surface area contributed by atoms with Crippen LogP contribution in [-0.2, 0) is 6.42 Å². The summed E-state index contributed by atoms with van der Waals surface area (Å²) >= 11 is 0. The van der Waals surface area contributed by atoms with Gasteiger partial charge in [0.1, 0.15) is 16.8 Å². The van der Waals surface area contributed by atoms with Gasteiger partial charge >= 0.3 is 0 Å². The van der Waals surface area contributed by atoms with Gasteiger partial charge in [-0.2, -0.15) is 0 Å². The molecule has 1 unspecified atom stereocenters. The summed E-state index contributed by atoms with van der Waals surface area (Å²) in [4.78, 5) is 15.4. The third-order valence-electron chi connectivity index (χ3n) is 10.3. The highest BCUT2D eigenvalue weighted by molar-refractivity contribution is 5.91. The molecule has 2 aliphatic carbocycles. The van der Waals surface area contributed by atoms with Crippen molar-refractivity contribution in [2.45, 2.75) is 45.4 Å². The third-order valence-corrected chi connectivity index (χ3v) is 10.3. The van der Waals surface area contributed by atoms with Gasteiger partial charge in [0.15, 0.2) is 11.6 Å². The summed E-state index contributed by atoms with van der Waals surface area (Å²) in [6, 6.07) is 36.1. The van der Waals surface area contributed by atoms with Gasteiger partial charge in [-0.25, -0.2) is 15.0 Å². The molecule has 9 rings (SSSR count). The number of rotatable bonds is 8. The predicted octanol–water partition coefficient (Wildman–Crippen LogP) is 10.4. The van der Waals surface area contributed by atoms with Crippen molar-refractivity contribution < 1.29 is 4.42 Å². The van der Waals surface area contributed by atoms with Gasteiger partial charge in [0.2, 0.25) is 0 Å². The molecule has 0 saturated carbocycles. The fourth-order valence-corrected chi connectivity index (χ4v) is 7.61. The highest BCUT2D eigenvalue weighted by Crippen LogP contribution is 2.34. The van der Waals surface area contributed by atoms with Crippen molar-refractivity contribution in [1.29, 1.82) is 0 Å². The van der Waals surface area contributed by atoms with Gasteiger partial charge in [-0.15, -0.1) is 0 Å². The van der Waals surface area contributed by atoms with Crippen LogP contribution in [0.3, 0.4) is 0 Å². The van der Waals surface area contributed by atoms with Crippen LogP contribution in [0.25, 0.3) is 68.3 Å². The van der Waals surface area contributed by atoms with Crippen LogP contribution in [0.15, 0.2) is 138 Å². The van der Waals surface area contributed by atoms with Gasteiger partial charge < -0.3 is 8.98 Å². The first-order valence-corrected chi connectivity index (χ1v) is 18.6. The minimum absolute atomic E-state index is 0.0667. The van der Waals surface area contributed by atoms with Crippen molar-refractivity contribution in [2.24, 2.45) is 0 Å². The first-order valence-electron chi connectivity index (χ1n) is 18.6. The maximum atomic E-state index is 6.34. The van der Waals surface area contributed by atoms with Crippen molar-refractivity contribution in [3.8, 4) is 17.1 Å². The molecule has 2 aliphatic rings. The quantitative estimate of drug-likeness (QED) is 0.149. The number of furan rings is 1. The van der Waals surface area contributed by atoms with Crippen molar-refractivity contribution in [3.63, 3.8) is 0 Å². The number of aryl methyl sites for hydroxylation is 1. The van der Waals surface area contributed by atoms with E-state index in [1.807, 2.05) is 12.1 Å². The van der Waals surface area contributed by atoms with Gasteiger partial charge in [0.25, 0.3) is 0 Å². The summed E-state index contributed by atoms with van der Waals surface area (Å²) in [5, 5.41) is 3.55. The van der Waals surface area contributed by atoms with Crippen molar-refractivity contribution in [2.75, 3.05) is 0 Å². The number of benzene rings is 4. The normalized spacial score (nSPS) is 14.8. The van der Waals surface area contributed by atoms with E-state index < -0.39 is 0 Å². The van der Waals surface area contributed by atoms with Crippen LogP contribution in [-0.4, -0.2) is 19.5 Å². The second-order valence-corrected chi connectivity index (χ2v) is 13.7. The van der Waals surface area contributed by atoms with E-state index in [1.165, 1.54) is 33.3 Å². The van der Waals surface area contributed by atoms with E-state index in [1.54, 1.807) is 0 Å². The molecule has 53 heavy (non-hydrogen) atoms. The summed E-state index contributed by atoms with van der Waals surface area (Å²) in [5.41, 5.74) is 11.0. The second kappa shape index (κ2) is 14.0. The lowest BCUT2D eigenvalue weighted by molar-refractivity contribution is 0.576. The largest absolute Gasteiger partial charge is 0.456 e. The Hall–Kier alpha value is -6.33. The number of nitrogens with zero attached hydrogens (tertiary/aromatic N) is 4. The Labute approximate surface area is 309 Å². The molecule has 258 valence electrons. The molecule has 5 nitrogen and oxygen atoms in total. The van der Waals surface area contributed by atoms with Crippen molar-refractivity contribution >= 4 is 51.2 Å². The molecular weight excluding hydrogens is 649 g/mol. The third kappa shape index (κ3) is 6.18. The van der Waals surface area contributed by atoms with Crippen LogP contribution in [0.5, 0.6) is 0 Å². The summed E-state index contributed by atoms with van der Waals surface area (Å²) < 4.78 is 8.72. The number of para-hydroxylation sites is 2. The van der Waals surface area contributed by atoms with Crippen LogP contribution in [0.4, 0.5) is 0 Å². The molecule has 4 aromatic carbocycles. The number of aromatic nitrogens is 4. The van der Waals surface area contributed by atoms with E-state index in [-0.39, 0.29) is 5.92 Å². The Morgan fingerprint density at radius 1 is 0.830 bits per heavy atom. The SMILES string of the molecule is CC/C=C(\C=C/C(C)c1nc(C2=CCC=c3c(oc4ccccc34)=C2)nc(-c2ccc(-n3c4c(c5ccccc53)CCC=C4)cc2)n1)c1ccccc1. The molecular formula is C48H40N4O. The van der Waals surface area contributed by atoms with Gasteiger partial charge in [0, 0.05) is 44.4 Å². The molecule has 7 aromatic rings. The monoisotopic (exact) mass is 688 g/mol. The molecule has 0 fully saturated rings. The number of hydrogen-bond acceptors (Lipinski definition) is 4. The molecule has 5 heteroatoms. The van der Waals surface area contributed by atoms with E-state index in [9.17, 15) is 0 Å². The van der Waals surface area contributed by atoms with E-state index in [0.29, 0.717) is 11.6 Å². The zero-order valence-corrected chi connectivity index (χ0v) is 30.0. The lowest BCUT2D eigenvalue weighted by atomic mass is 10.0. The average molecular weight is 689 g/mol. The molecule has 0 N–H and O–H groups in total. The molecule has 1 atom stereocenters. The van der Waals surface area contributed by atoms with Gasteiger partial charge in [-0.3, -0.25) is 0 Å². The fraction of sp³-hybridized carbons (Fsp3) is 0.146. The molecule has 0 radical (unpaired) electrons. The Morgan fingerprint density at radius 2 is 1.60 bits per heavy atom. The maximum absolute atomic E-state index is 6.34. The van der Waals surface area contributed by atoms with Crippen molar-refractivity contribution in [1.82, 2.24) is 19.5 Å². The number of allylic oxidation sites excluding steroid dienone is 7. The minimum atomic E-state index is -0.0667. The van der Waals surface area contributed by atoms with Gasteiger partial charge in [-0.05, 0) is 90.9 Å². The second-order valence-electron chi connectivity index (χ2n) is 13.7. The van der Waals surface area contributed by atoms with Crippen LogP contribution in [0, 0.1) is 0 Å². The van der Waals surface area contributed by atoms with Gasteiger partial charge in [0.05, 0.1) is 5.52 Å². The Morgan fingerprint density at radius 3 is 2.45 bits per heavy atom. The van der Waals surface area contributed by atoms with E-state index >= 15 is 0 Å². The predicted molar refractivity (Wildman–Crippen MR) is 219 cm³/mol. The lowest BCUT2D eigenvalue weighted by Crippen LogP contribution is -2.19. The molecule has 0 saturated heterocycles. The molecule has 3 aromatic heterocycles. The Balaban J connectivity index is 1.14. The zero-order valence-electron chi connectivity index (χ0n) is 30.0. The van der Waals surface area contributed by atoms with Crippen LogP contribution >= 0.6 is 0 Å². The summed E-state index contributed by atoms with van der Waals surface area (Å²) in [5.74, 6) is 1.94. The van der Waals surface area contributed by atoms with E-state index in [4.69, 9.17) is 19.4 Å². The standard InChI is InChI=1S/C48H40N4O/c1-3-14-33(34-15-5-4-6-16-34)26-25-32(2)46-49-47(51-48(50-46)36-17-13-21-41-40-20-9-12-24-44(40)53-45(41)31-36)35-27-29-37(30-28-35)52-42-22-10-7-18-38(42)39-19-8-11-23-43(39)52/h4-7,9-12,14-18,20-32H,3,8,13,19H2,1-2H3/b26-25-,33-14+. The molecule has 0 amide bonds. The number of hydrogen-bond donors (Lipinski definition) is 0. The lowest BCUT2D eigenvalue weighted by Gasteiger charge is -2.14. The molecule has 3 heterocycles. The smallest absolute Gasteiger partial charge is 0.163 e. The maximum Gasteiger partial charge on any atom is 0.163 e. The van der Waals surface area contributed by atoms with Gasteiger partial charge in [-0.1, -0.05) is 117 Å². The molecule has 0 spiro atoms.